The molecule has 0 fully saturated rings. The monoisotopic (exact) mass is 414 g/mol. The number of esters is 1. The van der Waals surface area contributed by atoms with Crippen LogP contribution in [0.2, 0.25) is 5.02 Å². The average molecular weight is 415 g/mol. The number of halogens is 1. The molecule has 0 N–H and O–H groups in total. The largest absolute Gasteiger partial charge is 0.467 e. The lowest BCUT2D eigenvalue weighted by Gasteiger charge is -2.21. The molecule has 0 unspecified atom stereocenters. The second-order valence-electron chi connectivity index (χ2n) is 6.69. The third-order valence-corrected chi connectivity index (χ3v) is 4.99. The van der Waals surface area contributed by atoms with Crippen molar-refractivity contribution in [2.75, 3.05) is 6.79 Å². The first-order valence-corrected chi connectivity index (χ1v) is 9.56. The molecule has 8 heteroatoms. The number of rotatable bonds is 4. The molecule has 0 atom stereocenters. The Morgan fingerprint density at radius 3 is 2.93 bits per heavy atom. The smallest absolute Gasteiger partial charge is 0.338 e. The molecule has 0 saturated heterocycles. The van der Waals surface area contributed by atoms with Crippen LogP contribution in [0.5, 0.6) is 5.75 Å². The molecule has 0 radical (unpaired) electrons. The van der Waals surface area contributed by atoms with E-state index in [4.69, 9.17) is 25.8 Å². The molecule has 2 aromatic carbocycles. The SMILES string of the molecule is CCn1c(=O)c(C)nc2cc(C(=O)OCc3cc(Cl)cc4c3OCOC4)ccc21. The van der Waals surface area contributed by atoms with Crippen LogP contribution in [0.3, 0.4) is 0 Å². The van der Waals surface area contributed by atoms with Crippen molar-refractivity contribution in [1.82, 2.24) is 9.55 Å². The van der Waals surface area contributed by atoms with Gasteiger partial charge in [0.05, 0.1) is 23.2 Å². The second kappa shape index (κ2) is 7.85. The molecule has 7 nitrogen and oxygen atoms in total. The molecule has 0 saturated carbocycles. The van der Waals surface area contributed by atoms with E-state index < -0.39 is 5.97 Å². The highest BCUT2D eigenvalue weighted by atomic mass is 35.5. The first kappa shape index (κ1) is 19.4. The molecule has 1 aromatic heterocycles. The van der Waals surface area contributed by atoms with Gasteiger partial charge in [0.15, 0.2) is 6.79 Å². The fourth-order valence-corrected chi connectivity index (χ4v) is 3.67. The van der Waals surface area contributed by atoms with Crippen molar-refractivity contribution in [3.05, 3.63) is 68.1 Å². The standard InChI is InChI=1S/C21H19ClN2O5/c1-3-24-18-5-4-13(8-17(18)23-12(2)20(24)25)21(26)28-10-15-7-16(22)6-14-9-27-11-29-19(14)15/h4-8H,3,9-11H2,1-2H3. The molecule has 0 bridgehead atoms. The lowest BCUT2D eigenvalue weighted by molar-refractivity contribution is -0.0180. The summed E-state index contributed by atoms with van der Waals surface area (Å²) in [6.07, 6.45) is 0. The summed E-state index contributed by atoms with van der Waals surface area (Å²) < 4.78 is 17.9. The molecule has 0 amide bonds. The zero-order chi connectivity index (χ0) is 20.5. The van der Waals surface area contributed by atoms with Crippen LogP contribution in [-0.4, -0.2) is 22.3 Å². The van der Waals surface area contributed by atoms with E-state index in [1.807, 2.05) is 6.92 Å². The van der Waals surface area contributed by atoms with Crippen LogP contribution in [0, 0.1) is 6.92 Å². The zero-order valence-electron chi connectivity index (χ0n) is 16.0. The molecule has 150 valence electrons. The molecule has 1 aliphatic rings. The molecule has 3 aromatic rings. The Kier molecular flexibility index (Phi) is 5.25. The van der Waals surface area contributed by atoms with Crippen LogP contribution in [0.1, 0.15) is 34.1 Å². The maximum Gasteiger partial charge on any atom is 0.338 e. The van der Waals surface area contributed by atoms with E-state index in [1.54, 1.807) is 41.8 Å². The third kappa shape index (κ3) is 3.71. The fourth-order valence-electron chi connectivity index (χ4n) is 3.41. The summed E-state index contributed by atoms with van der Waals surface area (Å²) in [4.78, 5) is 29.1. The zero-order valence-corrected chi connectivity index (χ0v) is 16.8. The summed E-state index contributed by atoms with van der Waals surface area (Å²) in [5.74, 6) is 0.137. The summed E-state index contributed by atoms with van der Waals surface area (Å²) in [5, 5.41) is 0.520. The number of nitrogens with zero attached hydrogens (tertiary/aromatic N) is 2. The number of hydrogen-bond acceptors (Lipinski definition) is 6. The Hall–Kier alpha value is -2.90. The van der Waals surface area contributed by atoms with Crippen molar-refractivity contribution in [3.63, 3.8) is 0 Å². The van der Waals surface area contributed by atoms with Crippen LogP contribution >= 0.6 is 11.6 Å². The van der Waals surface area contributed by atoms with Crippen molar-refractivity contribution in [3.8, 4) is 5.75 Å². The van der Waals surface area contributed by atoms with Crippen LogP contribution in [-0.2, 0) is 29.2 Å². The molecule has 0 spiro atoms. The minimum absolute atomic E-state index is 0.0146. The quantitative estimate of drug-likeness (QED) is 0.607. The van der Waals surface area contributed by atoms with E-state index in [2.05, 4.69) is 4.98 Å². The van der Waals surface area contributed by atoms with Crippen LogP contribution in [0.25, 0.3) is 11.0 Å². The number of fused-ring (bicyclic) bond motifs is 2. The normalized spacial score (nSPS) is 13.1. The van der Waals surface area contributed by atoms with E-state index in [1.165, 1.54) is 0 Å². The molecule has 0 aliphatic carbocycles. The maximum atomic E-state index is 12.6. The molecule has 29 heavy (non-hydrogen) atoms. The molecule has 4 rings (SSSR count). The van der Waals surface area contributed by atoms with Crippen molar-refractivity contribution in [2.45, 2.75) is 33.6 Å². The lowest BCUT2D eigenvalue weighted by atomic mass is 10.1. The van der Waals surface area contributed by atoms with Gasteiger partial charge in [0.25, 0.3) is 5.56 Å². The summed E-state index contributed by atoms with van der Waals surface area (Å²) in [6.45, 7) is 4.62. The number of hydrogen-bond donors (Lipinski definition) is 0. The van der Waals surface area contributed by atoms with Gasteiger partial charge >= 0.3 is 5.97 Å². The number of aromatic nitrogens is 2. The minimum Gasteiger partial charge on any atom is -0.467 e. The summed E-state index contributed by atoms with van der Waals surface area (Å²) in [5.41, 5.74) is 3.35. The first-order chi connectivity index (χ1) is 14.0. The predicted molar refractivity (Wildman–Crippen MR) is 107 cm³/mol. The Labute approximate surface area is 171 Å². The summed E-state index contributed by atoms with van der Waals surface area (Å²) in [7, 11) is 0. The van der Waals surface area contributed by atoms with Gasteiger partial charge in [-0.15, -0.1) is 0 Å². The Morgan fingerprint density at radius 2 is 2.14 bits per heavy atom. The van der Waals surface area contributed by atoms with Crippen LogP contribution < -0.4 is 10.3 Å². The highest BCUT2D eigenvalue weighted by molar-refractivity contribution is 6.30. The van der Waals surface area contributed by atoms with Gasteiger partial charge in [0.1, 0.15) is 18.1 Å². The van der Waals surface area contributed by atoms with Gasteiger partial charge in [-0.2, -0.15) is 0 Å². The Bertz CT molecular complexity index is 1170. The van der Waals surface area contributed by atoms with E-state index in [0.717, 1.165) is 5.56 Å². The maximum absolute atomic E-state index is 12.6. The molecular weight excluding hydrogens is 396 g/mol. The summed E-state index contributed by atoms with van der Waals surface area (Å²) >= 11 is 6.15. The van der Waals surface area contributed by atoms with Crippen molar-refractivity contribution in [1.29, 1.82) is 0 Å². The second-order valence-corrected chi connectivity index (χ2v) is 7.13. The van der Waals surface area contributed by atoms with Gasteiger partial charge < -0.3 is 18.8 Å². The van der Waals surface area contributed by atoms with E-state index in [9.17, 15) is 9.59 Å². The lowest BCUT2D eigenvalue weighted by Crippen LogP contribution is -2.23. The first-order valence-electron chi connectivity index (χ1n) is 9.18. The number of carbonyl (C=O) groups excluding carboxylic acids is 1. The van der Waals surface area contributed by atoms with Crippen LogP contribution in [0.15, 0.2) is 35.1 Å². The topological polar surface area (TPSA) is 79.7 Å². The van der Waals surface area contributed by atoms with Crippen LogP contribution in [0.4, 0.5) is 0 Å². The highest BCUT2D eigenvalue weighted by Crippen LogP contribution is 2.32. The number of benzene rings is 2. The van der Waals surface area contributed by atoms with Gasteiger partial charge in [0.2, 0.25) is 0 Å². The number of carbonyl (C=O) groups is 1. The van der Waals surface area contributed by atoms with E-state index in [0.29, 0.717) is 51.8 Å². The molecular formula is C21H19ClN2O5. The highest BCUT2D eigenvalue weighted by Gasteiger charge is 2.18. The average Bonchev–Trinajstić information content (AvgIpc) is 2.72. The predicted octanol–water partition coefficient (Wildman–Crippen LogP) is 3.60. The number of ether oxygens (including phenoxy) is 3. The minimum atomic E-state index is -0.499. The van der Waals surface area contributed by atoms with Gasteiger partial charge in [0, 0.05) is 22.7 Å². The number of aryl methyl sites for hydroxylation is 2. The Morgan fingerprint density at radius 1 is 1.31 bits per heavy atom. The molecule has 2 heterocycles. The van der Waals surface area contributed by atoms with Crippen molar-refractivity contribution < 1.29 is 19.0 Å². The van der Waals surface area contributed by atoms with Crippen molar-refractivity contribution in [2.24, 2.45) is 0 Å². The Balaban J connectivity index is 1.60. The van der Waals surface area contributed by atoms with Crippen molar-refractivity contribution >= 4 is 28.6 Å². The van der Waals surface area contributed by atoms with Gasteiger partial charge in [-0.3, -0.25) is 4.79 Å². The fraction of sp³-hybridized carbons (Fsp3) is 0.286. The van der Waals surface area contributed by atoms with Gasteiger partial charge in [-0.1, -0.05) is 11.6 Å². The van der Waals surface area contributed by atoms with Gasteiger partial charge in [-0.25, -0.2) is 9.78 Å². The molecule has 1 aliphatic heterocycles. The summed E-state index contributed by atoms with van der Waals surface area (Å²) in [6, 6.07) is 8.46. The van der Waals surface area contributed by atoms with Gasteiger partial charge in [-0.05, 0) is 44.2 Å². The van der Waals surface area contributed by atoms with E-state index >= 15 is 0 Å². The third-order valence-electron chi connectivity index (χ3n) is 4.77. The van der Waals surface area contributed by atoms with E-state index in [-0.39, 0.29) is 19.0 Å².